The quantitative estimate of drug-likeness (QED) is 0.831. The van der Waals surface area contributed by atoms with Crippen molar-refractivity contribution < 1.29 is 9.59 Å². The van der Waals surface area contributed by atoms with Gasteiger partial charge in [0.25, 0.3) is 5.56 Å². The monoisotopic (exact) mass is 396 g/mol. The molecule has 7 nitrogen and oxygen atoms in total. The minimum absolute atomic E-state index is 0.0197. The standard InChI is InChI=1S/C22H28N4O3/c1-15-4-7-18(8-5-15)23-22(29)24-19-9-6-17(3)26(21(19)28)14-20(27)25-12-10-16(2)11-13-25/h4-9,16H,10-14H2,1-3H3,(H2,23,24,29). The number of hydrogen-bond acceptors (Lipinski definition) is 3. The largest absolute Gasteiger partial charge is 0.341 e. The molecule has 0 unspecified atom stereocenters. The first-order chi connectivity index (χ1) is 13.8. The van der Waals surface area contributed by atoms with Crippen LogP contribution in [-0.2, 0) is 11.3 Å². The molecule has 0 spiro atoms. The number of anilines is 2. The van der Waals surface area contributed by atoms with Crippen molar-refractivity contribution in [3.63, 3.8) is 0 Å². The molecule has 1 aliphatic rings. The molecule has 2 N–H and O–H groups in total. The van der Waals surface area contributed by atoms with Crippen molar-refractivity contribution in [1.29, 1.82) is 0 Å². The van der Waals surface area contributed by atoms with E-state index in [1.807, 2.05) is 24.0 Å². The second kappa shape index (κ2) is 8.94. The van der Waals surface area contributed by atoms with Gasteiger partial charge in [-0.2, -0.15) is 0 Å². The van der Waals surface area contributed by atoms with E-state index in [0.717, 1.165) is 31.5 Å². The molecule has 3 amide bonds. The van der Waals surface area contributed by atoms with Crippen LogP contribution < -0.4 is 16.2 Å². The second-order valence-electron chi connectivity index (χ2n) is 7.79. The lowest BCUT2D eigenvalue weighted by Crippen LogP contribution is -2.41. The maximum atomic E-state index is 12.8. The molecule has 3 rings (SSSR count). The summed E-state index contributed by atoms with van der Waals surface area (Å²) in [6.45, 7) is 7.37. The number of hydrogen-bond donors (Lipinski definition) is 2. The summed E-state index contributed by atoms with van der Waals surface area (Å²) in [5.74, 6) is 0.562. The van der Waals surface area contributed by atoms with Crippen molar-refractivity contribution in [2.45, 2.75) is 40.2 Å². The first kappa shape index (κ1) is 20.6. The summed E-state index contributed by atoms with van der Waals surface area (Å²) in [6.07, 6.45) is 1.97. The third-order valence-electron chi connectivity index (χ3n) is 5.38. The topological polar surface area (TPSA) is 83.4 Å². The van der Waals surface area contributed by atoms with Crippen LogP contribution in [0.2, 0.25) is 0 Å². The fraction of sp³-hybridized carbons (Fsp3) is 0.409. The van der Waals surface area contributed by atoms with Gasteiger partial charge in [-0.05, 0) is 56.9 Å². The van der Waals surface area contributed by atoms with Crippen molar-refractivity contribution in [3.8, 4) is 0 Å². The Kier molecular flexibility index (Phi) is 6.36. The molecule has 0 atom stereocenters. The molecule has 1 saturated heterocycles. The highest BCUT2D eigenvalue weighted by atomic mass is 16.2. The smallest absolute Gasteiger partial charge is 0.323 e. The number of likely N-dealkylation sites (tertiary alicyclic amines) is 1. The van der Waals surface area contributed by atoms with Crippen molar-refractivity contribution in [3.05, 3.63) is 58.0 Å². The summed E-state index contributed by atoms with van der Waals surface area (Å²) in [7, 11) is 0. The van der Waals surface area contributed by atoms with E-state index in [4.69, 9.17) is 0 Å². The molecule has 2 heterocycles. The third kappa shape index (κ3) is 5.25. The van der Waals surface area contributed by atoms with E-state index in [-0.39, 0.29) is 23.7 Å². The van der Waals surface area contributed by atoms with Gasteiger partial charge in [-0.15, -0.1) is 0 Å². The lowest BCUT2D eigenvalue weighted by Gasteiger charge is -2.30. The summed E-state index contributed by atoms with van der Waals surface area (Å²) in [6, 6.07) is 10.2. The predicted octanol–water partition coefficient (Wildman–Crippen LogP) is 3.37. The van der Waals surface area contributed by atoms with Crippen LogP contribution in [0, 0.1) is 19.8 Å². The summed E-state index contributed by atoms with van der Waals surface area (Å²) in [5, 5.41) is 5.29. The van der Waals surface area contributed by atoms with Gasteiger partial charge in [-0.1, -0.05) is 24.6 Å². The molecule has 0 radical (unpaired) electrons. The Morgan fingerprint density at radius 1 is 1.00 bits per heavy atom. The predicted molar refractivity (Wildman–Crippen MR) is 114 cm³/mol. The first-order valence-electron chi connectivity index (χ1n) is 9.96. The first-order valence-corrected chi connectivity index (χ1v) is 9.96. The molecule has 0 bridgehead atoms. The summed E-state index contributed by atoms with van der Waals surface area (Å²) >= 11 is 0. The number of aryl methyl sites for hydroxylation is 2. The minimum atomic E-state index is -0.502. The number of nitrogens with one attached hydrogen (secondary N) is 2. The van der Waals surface area contributed by atoms with Crippen LogP contribution in [0.4, 0.5) is 16.2 Å². The van der Waals surface area contributed by atoms with Gasteiger partial charge in [0, 0.05) is 24.5 Å². The van der Waals surface area contributed by atoms with Gasteiger partial charge in [-0.3, -0.25) is 9.59 Å². The van der Waals surface area contributed by atoms with Crippen molar-refractivity contribution in [2.24, 2.45) is 5.92 Å². The number of nitrogens with zero attached hydrogens (tertiary/aromatic N) is 2. The SMILES string of the molecule is Cc1ccc(NC(=O)Nc2ccc(C)n(CC(=O)N3CCC(C)CC3)c2=O)cc1. The Labute approximate surface area is 170 Å². The van der Waals surface area contributed by atoms with Gasteiger partial charge in [0.2, 0.25) is 5.91 Å². The van der Waals surface area contributed by atoms with Gasteiger partial charge < -0.3 is 20.1 Å². The average molecular weight is 396 g/mol. The van der Waals surface area contributed by atoms with Crippen molar-refractivity contribution >= 4 is 23.3 Å². The number of carbonyl (C=O) groups is 2. The number of urea groups is 1. The van der Waals surface area contributed by atoms with Gasteiger partial charge >= 0.3 is 6.03 Å². The van der Waals surface area contributed by atoms with Crippen LogP contribution in [-0.4, -0.2) is 34.5 Å². The molecule has 1 aliphatic heterocycles. The van der Waals surface area contributed by atoms with Crippen molar-refractivity contribution in [1.82, 2.24) is 9.47 Å². The lowest BCUT2D eigenvalue weighted by molar-refractivity contribution is -0.133. The van der Waals surface area contributed by atoms with E-state index in [9.17, 15) is 14.4 Å². The lowest BCUT2D eigenvalue weighted by atomic mass is 9.99. The van der Waals surface area contributed by atoms with E-state index in [0.29, 0.717) is 17.3 Å². The zero-order valence-corrected chi connectivity index (χ0v) is 17.2. The Balaban J connectivity index is 1.69. The van der Waals surface area contributed by atoms with E-state index >= 15 is 0 Å². The van der Waals surface area contributed by atoms with Gasteiger partial charge in [0.1, 0.15) is 12.2 Å². The highest BCUT2D eigenvalue weighted by Gasteiger charge is 2.21. The fourth-order valence-electron chi connectivity index (χ4n) is 3.38. The summed E-state index contributed by atoms with van der Waals surface area (Å²) < 4.78 is 1.42. The maximum absolute atomic E-state index is 12.8. The zero-order valence-electron chi connectivity index (χ0n) is 17.2. The molecule has 7 heteroatoms. The number of aromatic nitrogens is 1. The molecular formula is C22H28N4O3. The summed E-state index contributed by atoms with van der Waals surface area (Å²) in [5.41, 5.74) is 2.15. The number of amides is 3. The van der Waals surface area contributed by atoms with Crippen LogP contribution in [0.25, 0.3) is 0 Å². The number of pyridine rings is 1. The molecule has 2 aromatic rings. The van der Waals surface area contributed by atoms with Crippen LogP contribution in [0.5, 0.6) is 0 Å². The molecule has 1 aromatic heterocycles. The van der Waals surface area contributed by atoms with Crippen LogP contribution in [0.15, 0.2) is 41.2 Å². The summed E-state index contributed by atoms with van der Waals surface area (Å²) in [4.78, 5) is 39.6. The van der Waals surface area contributed by atoms with Gasteiger partial charge in [-0.25, -0.2) is 4.79 Å². The number of piperidine rings is 1. The Hall–Kier alpha value is -3.09. The molecule has 154 valence electrons. The van der Waals surface area contributed by atoms with Crippen LogP contribution in [0.1, 0.15) is 31.0 Å². The molecule has 0 aliphatic carbocycles. The molecule has 1 aromatic carbocycles. The van der Waals surface area contributed by atoms with Crippen LogP contribution in [0.3, 0.4) is 0 Å². The fourth-order valence-corrected chi connectivity index (χ4v) is 3.38. The highest BCUT2D eigenvalue weighted by Crippen LogP contribution is 2.16. The Morgan fingerprint density at radius 3 is 2.31 bits per heavy atom. The normalized spacial score (nSPS) is 14.5. The number of benzene rings is 1. The van der Waals surface area contributed by atoms with Crippen molar-refractivity contribution in [2.75, 3.05) is 23.7 Å². The Morgan fingerprint density at radius 2 is 1.66 bits per heavy atom. The molecular weight excluding hydrogens is 368 g/mol. The Bertz CT molecular complexity index is 942. The number of rotatable bonds is 4. The third-order valence-corrected chi connectivity index (χ3v) is 5.38. The second-order valence-corrected chi connectivity index (χ2v) is 7.79. The molecule has 29 heavy (non-hydrogen) atoms. The van der Waals surface area contributed by atoms with E-state index in [2.05, 4.69) is 17.6 Å². The van der Waals surface area contributed by atoms with E-state index in [1.54, 1.807) is 31.2 Å². The minimum Gasteiger partial charge on any atom is -0.341 e. The number of carbonyl (C=O) groups excluding carboxylic acids is 2. The van der Waals surface area contributed by atoms with Crippen LogP contribution >= 0.6 is 0 Å². The average Bonchev–Trinajstić information content (AvgIpc) is 2.69. The van der Waals surface area contributed by atoms with Gasteiger partial charge in [0.15, 0.2) is 0 Å². The molecule has 1 fully saturated rings. The maximum Gasteiger partial charge on any atom is 0.323 e. The van der Waals surface area contributed by atoms with E-state index in [1.165, 1.54) is 4.57 Å². The zero-order chi connectivity index (χ0) is 21.0. The van der Waals surface area contributed by atoms with E-state index < -0.39 is 6.03 Å². The highest BCUT2D eigenvalue weighted by molar-refractivity contribution is 5.99. The van der Waals surface area contributed by atoms with Gasteiger partial charge in [0.05, 0.1) is 0 Å². The molecule has 0 saturated carbocycles.